The number of hydrogen-bond donors (Lipinski definition) is 0. The molecule has 1 saturated carbocycles. The first kappa shape index (κ1) is 12.8. The van der Waals surface area contributed by atoms with Gasteiger partial charge in [0.1, 0.15) is 5.82 Å². The molecule has 0 unspecified atom stereocenters. The Bertz CT molecular complexity index is 388. The first-order chi connectivity index (χ1) is 8.04. The topological polar surface area (TPSA) is 3.24 Å². The summed E-state index contributed by atoms with van der Waals surface area (Å²) in [6.45, 7) is 3.93. The molecule has 0 heterocycles. The van der Waals surface area contributed by atoms with Gasteiger partial charge in [-0.1, -0.05) is 6.07 Å². The van der Waals surface area contributed by atoms with Gasteiger partial charge in [-0.15, -0.1) is 11.6 Å². The summed E-state index contributed by atoms with van der Waals surface area (Å²) < 4.78 is 13.0. The van der Waals surface area contributed by atoms with Crippen LogP contribution in [0.2, 0.25) is 0 Å². The van der Waals surface area contributed by atoms with Crippen LogP contribution in [-0.4, -0.2) is 23.9 Å². The summed E-state index contributed by atoms with van der Waals surface area (Å²) in [5, 5.41) is 0.390. The van der Waals surface area contributed by atoms with Crippen LogP contribution in [0.1, 0.15) is 24.0 Å². The Morgan fingerprint density at radius 3 is 2.71 bits per heavy atom. The molecule has 0 aromatic heterocycles. The minimum absolute atomic E-state index is 0.155. The van der Waals surface area contributed by atoms with Crippen molar-refractivity contribution in [3.63, 3.8) is 0 Å². The lowest BCUT2D eigenvalue weighted by Gasteiger charge is -2.34. The lowest BCUT2D eigenvalue weighted by atomic mass is 9.84. The maximum Gasteiger partial charge on any atom is 0.123 e. The second kappa shape index (κ2) is 5.36. The lowest BCUT2D eigenvalue weighted by molar-refractivity contribution is 0.204. The van der Waals surface area contributed by atoms with E-state index in [2.05, 4.69) is 11.9 Å². The van der Waals surface area contributed by atoms with E-state index in [4.69, 9.17) is 11.6 Å². The molecule has 1 aromatic carbocycles. The van der Waals surface area contributed by atoms with Crippen LogP contribution in [0.4, 0.5) is 4.39 Å². The van der Waals surface area contributed by atoms with E-state index >= 15 is 0 Å². The quantitative estimate of drug-likeness (QED) is 0.744. The second-order valence-electron chi connectivity index (χ2n) is 5.20. The average molecular weight is 256 g/mol. The maximum atomic E-state index is 13.0. The van der Waals surface area contributed by atoms with Gasteiger partial charge in [-0.25, -0.2) is 4.39 Å². The fraction of sp³-hybridized carbons (Fsp3) is 0.571. The van der Waals surface area contributed by atoms with Gasteiger partial charge in [-0.3, -0.25) is 0 Å². The molecule has 0 saturated heterocycles. The Kier molecular flexibility index (Phi) is 4.05. The molecule has 17 heavy (non-hydrogen) atoms. The minimum atomic E-state index is -0.155. The van der Waals surface area contributed by atoms with E-state index in [-0.39, 0.29) is 5.82 Å². The van der Waals surface area contributed by atoms with E-state index < -0.39 is 0 Å². The number of aryl methyl sites for hydroxylation is 1. The van der Waals surface area contributed by atoms with Crippen LogP contribution in [0.25, 0.3) is 0 Å². The molecule has 0 spiro atoms. The Hall–Kier alpha value is -0.600. The molecule has 3 heteroatoms. The zero-order valence-corrected chi connectivity index (χ0v) is 11.2. The number of hydrogen-bond acceptors (Lipinski definition) is 1. The molecule has 94 valence electrons. The number of alkyl halides is 1. The van der Waals surface area contributed by atoms with Crippen LogP contribution in [0.3, 0.4) is 0 Å². The molecule has 1 aliphatic rings. The van der Waals surface area contributed by atoms with Gasteiger partial charge < -0.3 is 4.90 Å². The van der Waals surface area contributed by atoms with Gasteiger partial charge in [-0.05, 0) is 56.0 Å². The fourth-order valence-corrected chi connectivity index (χ4v) is 2.94. The molecular weight excluding hydrogens is 237 g/mol. The van der Waals surface area contributed by atoms with Crippen LogP contribution in [-0.2, 0) is 6.54 Å². The van der Waals surface area contributed by atoms with Crippen LogP contribution in [0.15, 0.2) is 18.2 Å². The zero-order valence-electron chi connectivity index (χ0n) is 10.4. The van der Waals surface area contributed by atoms with Crippen molar-refractivity contribution in [1.29, 1.82) is 0 Å². The third-order valence-electron chi connectivity index (χ3n) is 3.49. The summed E-state index contributed by atoms with van der Waals surface area (Å²) in [5.41, 5.74) is 2.23. The Labute approximate surface area is 108 Å². The lowest BCUT2D eigenvalue weighted by Crippen LogP contribution is -2.34. The minimum Gasteiger partial charge on any atom is -0.302 e. The van der Waals surface area contributed by atoms with Gasteiger partial charge in [0, 0.05) is 18.5 Å². The summed E-state index contributed by atoms with van der Waals surface area (Å²) in [5.74, 6) is 0.584. The van der Waals surface area contributed by atoms with Crippen molar-refractivity contribution in [3.05, 3.63) is 35.1 Å². The summed E-state index contributed by atoms with van der Waals surface area (Å²) in [6, 6.07) is 5.02. The van der Waals surface area contributed by atoms with E-state index in [0.29, 0.717) is 5.38 Å². The Balaban J connectivity index is 1.87. The predicted octanol–water partition coefficient (Wildman–Crippen LogP) is 3.58. The van der Waals surface area contributed by atoms with Crippen molar-refractivity contribution in [2.75, 3.05) is 13.6 Å². The summed E-state index contributed by atoms with van der Waals surface area (Å²) in [6.07, 6.45) is 2.27. The van der Waals surface area contributed by atoms with E-state index in [9.17, 15) is 4.39 Å². The standard InChI is InChI=1S/C14H19ClFN/c1-10-5-14(16)4-3-12(10)9-17(2)8-11-6-13(15)7-11/h3-5,11,13H,6-9H2,1-2H3. The van der Waals surface area contributed by atoms with E-state index in [0.717, 1.165) is 37.4 Å². The fourth-order valence-electron chi connectivity index (χ4n) is 2.44. The normalized spacial score (nSPS) is 23.8. The van der Waals surface area contributed by atoms with Crippen molar-refractivity contribution < 1.29 is 4.39 Å². The molecular formula is C14H19ClFN. The summed E-state index contributed by atoms with van der Waals surface area (Å²) >= 11 is 5.97. The molecule has 0 atom stereocenters. The highest BCUT2D eigenvalue weighted by Crippen LogP contribution is 2.32. The second-order valence-corrected chi connectivity index (χ2v) is 5.82. The van der Waals surface area contributed by atoms with Crippen LogP contribution in [0, 0.1) is 18.7 Å². The predicted molar refractivity (Wildman–Crippen MR) is 69.8 cm³/mol. The molecule has 0 bridgehead atoms. The molecule has 1 nitrogen and oxygen atoms in total. The highest BCUT2D eigenvalue weighted by molar-refractivity contribution is 6.21. The molecule has 0 radical (unpaired) electrons. The number of benzene rings is 1. The van der Waals surface area contributed by atoms with Crippen molar-refractivity contribution in [2.45, 2.75) is 31.7 Å². The first-order valence-corrected chi connectivity index (χ1v) is 6.56. The molecule has 2 rings (SSSR count). The first-order valence-electron chi connectivity index (χ1n) is 6.12. The van der Waals surface area contributed by atoms with Gasteiger partial charge in [0.15, 0.2) is 0 Å². The highest BCUT2D eigenvalue weighted by atomic mass is 35.5. The third kappa shape index (κ3) is 3.43. The van der Waals surface area contributed by atoms with E-state index in [1.807, 2.05) is 13.0 Å². The molecule has 0 amide bonds. The highest BCUT2D eigenvalue weighted by Gasteiger charge is 2.27. The van der Waals surface area contributed by atoms with E-state index in [1.165, 1.54) is 11.6 Å². The average Bonchev–Trinajstić information content (AvgIpc) is 2.20. The molecule has 1 aliphatic carbocycles. The largest absolute Gasteiger partial charge is 0.302 e. The van der Waals surface area contributed by atoms with Gasteiger partial charge in [0.05, 0.1) is 0 Å². The number of nitrogens with zero attached hydrogens (tertiary/aromatic N) is 1. The Morgan fingerprint density at radius 2 is 2.12 bits per heavy atom. The number of rotatable bonds is 4. The monoisotopic (exact) mass is 255 g/mol. The summed E-state index contributed by atoms with van der Waals surface area (Å²) in [7, 11) is 2.12. The molecule has 0 aliphatic heterocycles. The Morgan fingerprint density at radius 1 is 1.41 bits per heavy atom. The van der Waals surface area contributed by atoms with Gasteiger partial charge in [0.25, 0.3) is 0 Å². The van der Waals surface area contributed by atoms with Crippen LogP contribution in [0.5, 0.6) is 0 Å². The molecule has 1 aromatic rings. The SMILES string of the molecule is Cc1cc(F)ccc1CN(C)CC1CC(Cl)C1. The maximum absolute atomic E-state index is 13.0. The summed E-state index contributed by atoms with van der Waals surface area (Å²) in [4.78, 5) is 2.30. The van der Waals surface area contributed by atoms with E-state index in [1.54, 1.807) is 6.07 Å². The molecule has 0 N–H and O–H groups in total. The van der Waals surface area contributed by atoms with Crippen molar-refractivity contribution in [2.24, 2.45) is 5.92 Å². The van der Waals surface area contributed by atoms with Gasteiger partial charge >= 0.3 is 0 Å². The zero-order chi connectivity index (χ0) is 12.4. The van der Waals surface area contributed by atoms with Gasteiger partial charge in [0.2, 0.25) is 0 Å². The van der Waals surface area contributed by atoms with Gasteiger partial charge in [-0.2, -0.15) is 0 Å². The molecule has 1 fully saturated rings. The smallest absolute Gasteiger partial charge is 0.123 e. The van der Waals surface area contributed by atoms with Crippen molar-refractivity contribution in [1.82, 2.24) is 4.90 Å². The van der Waals surface area contributed by atoms with Crippen LogP contribution >= 0.6 is 11.6 Å². The van der Waals surface area contributed by atoms with Crippen molar-refractivity contribution >= 4 is 11.6 Å². The third-order valence-corrected chi connectivity index (χ3v) is 3.85. The van der Waals surface area contributed by atoms with Crippen LogP contribution < -0.4 is 0 Å². The number of halogens is 2. The van der Waals surface area contributed by atoms with Crippen molar-refractivity contribution in [3.8, 4) is 0 Å².